The molecule has 0 atom stereocenters. The molecule has 8 nitrogen and oxygen atoms in total. The molecule has 1 fully saturated rings. The Hall–Kier alpha value is -4.02. The number of nitrogens with zero attached hydrogens (tertiary/aromatic N) is 6. The number of aromatic nitrogens is 6. The minimum atomic E-state index is -2.90. The fourth-order valence-electron chi connectivity index (χ4n) is 3.79. The van der Waals surface area contributed by atoms with Gasteiger partial charge in [-0.3, -0.25) is 0 Å². The van der Waals surface area contributed by atoms with Gasteiger partial charge < -0.3 is 10.2 Å². The molecule has 1 aliphatic carbocycles. The van der Waals surface area contributed by atoms with Gasteiger partial charge >= 0.3 is 0 Å². The average Bonchev–Trinajstić information content (AvgIpc) is 3.55. The summed E-state index contributed by atoms with van der Waals surface area (Å²) >= 11 is 0. The second kappa shape index (κ2) is 9.32. The maximum atomic E-state index is 15.4. The summed E-state index contributed by atoms with van der Waals surface area (Å²) in [6.07, 6.45) is 3.17. The number of rotatable bonds is 9. The fourth-order valence-corrected chi connectivity index (χ4v) is 3.79. The summed E-state index contributed by atoms with van der Waals surface area (Å²) in [6, 6.07) is 13.8. The molecule has 0 saturated heterocycles. The number of alkyl halides is 2. The highest BCUT2D eigenvalue weighted by atomic mass is 19.3. The standard InChI is InChI=1S/C24H23F3N8/c1-24(26,27)18-8-4-16(5-9-18)13-35(19-10-11-19)23-20(25)22(29-14-30-23)28-12-15-2-6-17(7-3-15)21-31-33-34-32-21/h2-9,14,19H,10-13H2,1H3,(H,28,29,30)(H,31,32,33,34). The lowest BCUT2D eigenvalue weighted by atomic mass is 10.1. The van der Waals surface area contributed by atoms with Crippen molar-refractivity contribution in [2.24, 2.45) is 0 Å². The van der Waals surface area contributed by atoms with Gasteiger partial charge in [-0.25, -0.2) is 23.8 Å². The van der Waals surface area contributed by atoms with E-state index >= 15 is 4.39 Å². The molecular weight excluding hydrogens is 457 g/mol. The number of H-pyrrole nitrogens is 1. The first-order valence-corrected chi connectivity index (χ1v) is 11.2. The first-order chi connectivity index (χ1) is 16.9. The van der Waals surface area contributed by atoms with Crippen LogP contribution in [0.1, 0.15) is 36.5 Å². The van der Waals surface area contributed by atoms with E-state index in [0.717, 1.165) is 36.5 Å². The van der Waals surface area contributed by atoms with E-state index in [-0.39, 0.29) is 23.2 Å². The van der Waals surface area contributed by atoms with E-state index < -0.39 is 11.7 Å². The van der Waals surface area contributed by atoms with Gasteiger partial charge in [-0.2, -0.15) is 4.39 Å². The van der Waals surface area contributed by atoms with Crippen LogP contribution in [-0.2, 0) is 19.0 Å². The minimum Gasteiger partial charge on any atom is -0.363 e. The SMILES string of the molecule is CC(F)(F)c1ccc(CN(c2ncnc(NCc3ccc(-c4nnn[nH]4)cc3)c2F)C2CC2)cc1. The summed E-state index contributed by atoms with van der Waals surface area (Å²) in [5, 5.41) is 16.7. The number of benzene rings is 2. The van der Waals surface area contributed by atoms with Crippen molar-refractivity contribution in [3.8, 4) is 11.4 Å². The predicted molar refractivity (Wildman–Crippen MR) is 124 cm³/mol. The molecule has 0 amide bonds. The summed E-state index contributed by atoms with van der Waals surface area (Å²) in [5.41, 5.74) is 2.52. The number of anilines is 2. The van der Waals surface area contributed by atoms with Gasteiger partial charge in [-0.15, -0.1) is 5.10 Å². The van der Waals surface area contributed by atoms with Crippen LogP contribution in [-0.4, -0.2) is 36.6 Å². The van der Waals surface area contributed by atoms with E-state index in [1.54, 1.807) is 12.1 Å². The van der Waals surface area contributed by atoms with E-state index in [2.05, 4.69) is 35.9 Å². The zero-order chi connectivity index (χ0) is 24.4. The Kier molecular flexibility index (Phi) is 6.06. The van der Waals surface area contributed by atoms with Gasteiger partial charge in [-0.05, 0) is 34.4 Å². The van der Waals surface area contributed by atoms with E-state index in [9.17, 15) is 8.78 Å². The van der Waals surface area contributed by atoms with Gasteiger partial charge in [0.15, 0.2) is 17.5 Å². The van der Waals surface area contributed by atoms with Crippen LogP contribution in [0.25, 0.3) is 11.4 Å². The molecule has 0 unspecified atom stereocenters. The predicted octanol–water partition coefficient (Wildman–Crippen LogP) is 4.69. The number of hydrogen-bond acceptors (Lipinski definition) is 7. The molecule has 5 rings (SSSR count). The number of nitrogens with one attached hydrogen (secondary N) is 2. The smallest absolute Gasteiger partial charge is 0.270 e. The van der Waals surface area contributed by atoms with Crippen LogP contribution in [0.2, 0.25) is 0 Å². The van der Waals surface area contributed by atoms with Crippen LogP contribution in [0.5, 0.6) is 0 Å². The lowest BCUT2D eigenvalue weighted by Gasteiger charge is -2.25. The molecule has 11 heteroatoms. The maximum Gasteiger partial charge on any atom is 0.270 e. The number of halogens is 3. The third kappa shape index (κ3) is 5.23. The highest BCUT2D eigenvalue weighted by Gasteiger charge is 2.33. The van der Waals surface area contributed by atoms with Crippen molar-refractivity contribution in [3.05, 3.63) is 77.4 Å². The summed E-state index contributed by atoms with van der Waals surface area (Å²) in [6.45, 7) is 1.59. The lowest BCUT2D eigenvalue weighted by molar-refractivity contribution is 0.0174. The van der Waals surface area contributed by atoms with Crippen molar-refractivity contribution in [2.45, 2.75) is 44.8 Å². The largest absolute Gasteiger partial charge is 0.363 e. The van der Waals surface area contributed by atoms with E-state index in [1.807, 2.05) is 29.2 Å². The molecule has 0 aliphatic heterocycles. The molecule has 0 bridgehead atoms. The fraction of sp³-hybridized carbons (Fsp3) is 0.292. The van der Waals surface area contributed by atoms with Gasteiger partial charge in [0.1, 0.15) is 6.33 Å². The van der Waals surface area contributed by atoms with Crippen molar-refractivity contribution in [1.29, 1.82) is 0 Å². The van der Waals surface area contributed by atoms with Crippen LogP contribution < -0.4 is 10.2 Å². The lowest BCUT2D eigenvalue weighted by Crippen LogP contribution is -2.27. The van der Waals surface area contributed by atoms with Crippen molar-refractivity contribution in [2.75, 3.05) is 10.2 Å². The van der Waals surface area contributed by atoms with Crippen molar-refractivity contribution in [3.63, 3.8) is 0 Å². The zero-order valence-electron chi connectivity index (χ0n) is 18.9. The van der Waals surface area contributed by atoms with Gasteiger partial charge in [-0.1, -0.05) is 48.5 Å². The Labute approximate surface area is 199 Å². The monoisotopic (exact) mass is 480 g/mol. The van der Waals surface area contributed by atoms with Crippen LogP contribution in [0, 0.1) is 5.82 Å². The Bertz CT molecular complexity index is 1270. The Morgan fingerprint density at radius 3 is 2.37 bits per heavy atom. The Balaban J connectivity index is 1.30. The topological polar surface area (TPSA) is 95.5 Å². The van der Waals surface area contributed by atoms with Crippen LogP contribution in [0.15, 0.2) is 54.9 Å². The second-order valence-corrected chi connectivity index (χ2v) is 8.60. The molecule has 2 heterocycles. The zero-order valence-corrected chi connectivity index (χ0v) is 18.9. The van der Waals surface area contributed by atoms with E-state index in [0.29, 0.717) is 18.9 Å². The van der Waals surface area contributed by atoms with E-state index in [4.69, 9.17) is 0 Å². The third-order valence-corrected chi connectivity index (χ3v) is 5.88. The normalized spacial score (nSPS) is 13.6. The molecule has 1 aliphatic rings. The average molecular weight is 480 g/mol. The third-order valence-electron chi connectivity index (χ3n) is 5.88. The molecule has 2 N–H and O–H groups in total. The maximum absolute atomic E-state index is 15.4. The highest BCUT2D eigenvalue weighted by Crippen LogP contribution is 2.35. The van der Waals surface area contributed by atoms with Crippen molar-refractivity contribution in [1.82, 2.24) is 30.6 Å². The van der Waals surface area contributed by atoms with Crippen LogP contribution in [0.3, 0.4) is 0 Å². The van der Waals surface area contributed by atoms with Crippen LogP contribution >= 0.6 is 0 Å². The number of aromatic amines is 1. The molecule has 2 aromatic carbocycles. The Morgan fingerprint density at radius 1 is 1.03 bits per heavy atom. The van der Waals surface area contributed by atoms with E-state index in [1.165, 1.54) is 18.5 Å². The summed E-state index contributed by atoms with van der Waals surface area (Å²) in [4.78, 5) is 10.2. The van der Waals surface area contributed by atoms with Crippen LogP contribution in [0.4, 0.5) is 24.8 Å². The molecule has 180 valence electrons. The van der Waals surface area contributed by atoms with Crippen molar-refractivity contribution >= 4 is 11.6 Å². The summed E-state index contributed by atoms with van der Waals surface area (Å²) in [5.74, 6) is -2.58. The number of hydrogen-bond donors (Lipinski definition) is 2. The first kappa shape index (κ1) is 22.8. The summed E-state index contributed by atoms with van der Waals surface area (Å²) in [7, 11) is 0. The molecule has 4 aromatic rings. The molecule has 0 spiro atoms. The van der Waals surface area contributed by atoms with Gasteiger partial charge in [0, 0.05) is 37.2 Å². The second-order valence-electron chi connectivity index (χ2n) is 8.60. The molecular formula is C24H23F3N8. The molecule has 35 heavy (non-hydrogen) atoms. The highest BCUT2D eigenvalue weighted by molar-refractivity contribution is 5.55. The first-order valence-electron chi connectivity index (χ1n) is 11.2. The quantitative estimate of drug-likeness (QED) is 0.359. The molecule has 2 aromatic heterocycles. The van der Waals surface area contributed by atoms with Gasteiger partial charge in [0.25, 0.3) is 5.92 Å². The Morgan fingerprint density at radius 2 is 1.74 bits per heavy atom. The van der Waals surface area contributed by atoms with Crippen molar-refractivity contribution < 1.29 is 13.2 Å². The van der Waals surface area contributed by atoms with Gasteiger partial charge in [0.2, 0.25) is 5.82 Å². The molecule has 1 saturated carbocycles. The number of tetrazole rings is 1. The van der Waals surface area contributed by atoms with Gasteiger partial charge in [0.05, 0.1) is 0 Å². The molecule has 0 radical (unpaired) electrons. The summed E-state index contributed by atoms with van der Waals surface area (Å²) < 4.78 is 42.5. The minimum absolute atomic E-state index is 0.0514.